The summed E-state index contributed by atoms with van der Waals surface area (Å²) in [6.45, 7) is 7.51. The van der Waals surface area contributed by atoms with Gasteiger partial charge in [-0.3, -0.25) is 4.79 Å². The number of hydrogen-bond acceptors (Lipinski definition) is 1. The zero-order valence-electron chi connectivity index (χ0n) is 6.89. The minimum absolute atomic E-state index is 0.481. The smallest absolute Gasteiger partial charge is 0.240 e. The maximum absolute atomic E-state index is 9.47. The second-order valence-electron chi connectivity index (χ2n) is 1.96. The topological polar surface area (TPSA) is 43.1 Å². The molecular formula is C8H17NO. The van der Waals surface area contributed by atoms with E-state index in [-0.39, 0.29) is 0 Å². The van der Waals surface area contributed by atoms with E-state index in [1.807, 2.05) is 0 Å². The Morgan fingerprint density at radius 3 is 1.80 bits per heavy atom. The van der Waals surface area contributed by atoms with Gasteiger partial charge in [-0.1, -0.05) is 39.7 Å². The molecule has 0 aromatic rings. The van der Waals surface area contributed by atoms with Gasteiger partial charge in [0.1, 0.15) is 0 Å². The Morgan fingerprint density at radius 2 is 1.80 bits per heavy atom. The molecule has 2 heteroatoms. The Kier molecular flexibility index (Phi) is 13.2. The molecule has 0 aromatic heterocycles. The number of unbranched alkanes of at least 4 members (excludes halogenated alkanes) is 2. The van der Waals surface area contributed by atoms with E-state index in [1.165, 1.54) is 19.3 Å². The predicted octanol–water partition coefficient (Wildman–Crippen LogP) is 1.85. The molecule has 0 bridgehead atoms. The number of carbonyl (C=O) groups excluding carboxylic acids is 1. The van der Waals surface area contributed by atoms with Crippen LogP contribution in [0.25, 0.3) is 0 Å². The number of amides is 1. The quantitative estimate of drug-likeness (QED) is 0.602. The van der Waals surface area contributed by atoms with Crippen LogP contribution in [0, 0.1) is 0 Å². The summed E-state index contributed by atoms with van der Waals surface area (Å²) < 4.78 is 0. The number of nitrogens with two attached hydrogens (primary N) is 1. The van der Waals surface area contributed by atoms with Crippen molar-refractivity contribution >= 4 is 5.91 Å². The number of carbonyl (C=O) groups is 1. The first-order chi connectivity index (χ1) is 4.68. The van der Waals surface area contributed by atoms with Crippen molar-refractivity contribution in [3.8, 4) is 0 Å². The van der Waals surface area contributed by atoms with E-state index in [9.17, 15) is 4.79 Å². The van der Waals surface area contributed by atoms with Crippen LogP contribution in [0.1, 0.15) is 33.1 Å². The highest BCUT2D eigenvalue weighted by molar-refractivity contribution is 5.84. The fraction of sp³-hybridized carbons (Fsp3) is 0.625. The van der Waals surface area contributed by atoms with Crippen molar-refractivity contribution in [2.75, 3.05) is 0 Å². The van der Waals surface area contributed by atoms with Crippen LogP contribution in [0.5, 0.6) is 0 Å². The van der Waals surface area contributed by atoms with Gasteiger partial charge in [-0.25, -0.2) is 0 Å². The Morgan fingerprint density at radius 1 is 1.50 bits per heavy atom. The second kappa shape index (κ2) is 11.1. The monoisotopic (exact) mass is 143 g/mol. The van der Waals surface area contributed by atoms with Crippen LogP contribution < -0.4 is 5.73 Å². The lowest BCUT2D eigenvalue weighted by atomic mass is 10.3. The number of rotatable bonds is 3. The summed E-state index contributed by atoms with van der Waals surface area (Å²) in [4.78, 5) is 9.47. The third kappa shape index (κ3) is 27.0. The Bertz CT molecular complexity index is 87.3. The van der Waals surface area contributed by atoms with Crippen LogP contribution in [-0.4, -0.2) is 5.91 Å². The first-order valence-electron chi connectivity index (χ1n) is 3.60. The lowest BCUT2D eigenvalue weighted by molar-refractivity contribution is -0.113. The van der Waals surface area contributed by atoms with Crippen molar-refractivity contribution in [2.45, 2.75) is 33.1 Å². The van der Waals surface area contributed by atoms with Crippen molar-refractivity contribution in [1.82, 2.24) is 0 Å². The summed E-state index contributed by atoms with van der Waals surface area (Å²) in [6, 6.07) is 0. The second-order valence-corrected chi connectivity index (χ2v) is 1.96. The molecule has 0 saturated heterocycles. The molecule has 2 nitrogen and oxygen atoms in total. The molecule has 10 heavy (non-hydrogen) atoms. The molecule has 0 rings (SSSR count). The summed E-state index contributed by atoms with van der Waals surface area (Å²) in [6.07, 6.45) is 5.13. The average molecular weight is 143 g/mol. The van der Waals surface area contributed by atoms with Gasteiger partial charge < -0.3 is 5.73 Å². The summed E-state index contributed by atoms with van der Waals surface area (Å²) in [7, 11) is 0. The molecule has 0 aliphatic heterocycles. The molecule has 0 atom stereocenters. The molecule has 0 radical (unpaired) electrons. The van der Waals surface area contributed by atoms with E-state index in [4.69, 9.17) is 0 Å². The van der Waals surface area contributed by atoms with Crippen LogP contribution in [0.3, 0.4) is 0 Å². The Hall–Kier alpha value is -0.790. The van der Waals surface area contributed by atoms with Gasteiger partial charge in [0.05, 0.1) is 0 Å². The lowest BCUT2D eigenvalue weighted by Gasteiger charge is -1.79. The van der Waals surface area contributed by atoms with Crippen LogP contribution in [0.2, 0.25) is 0 Å². The minimum Gasteiger partial charge on any atom is -0.366 e. The molecule has 0 fully saturated rings. The molecule has 0 saturated carbocycles. The first kappa shape index (κ1) is 11.9. The third-order valence-corrected chi connectivity index (χ3v) is 0.908. The van der Waals surface area contributed by atoms with E-state index < -0.39 is 5.91 Å². The molecule has 0 aliphatic carbocycles. The summed E-state index contributed by atoms with van der Waals surface area (Å²) in [5.41, 5.74) is 4.53. The van der Waals surface area contributed by atoms with Crippen molar-refractivity contribution < 1.29 is 4.79 Å². The fourth-order valence-corrected chi connectivity index (χ4v) is 0.354. The van der Waals surface area contributed by atoms with Gasteiger partial charge in [-0.05, 0) is 6.08 Å². The molecule has 0 aromatic carbocycles. The molecule has 0 aliphatic rings. The van der Waals surface area contributed by atoms with E-state index >= 15 is 0 Å². The normalized spacial score (nSPS) is 7.40. The summed E-state index contributed by atoms with van der Waals surface area (Å²) in [5, 5.41) is 0. The van der Waals surface area contributed by atoms with Gasteiger partial charge in [0, 0.05) is 0 Å². The average Bonchev–Trinajstić information content (AvgIpc) is 1.91. The Labute approximate surface area is 63.1 Å². The van der Waals surface area contributed by atoms with Crippen molar-refractivity contribution in [3.63, 3.8) is 0 Å². The maximum Gasteiger partial charge on any atom is 0.240 e. The zero-order valence-corrected chi connectivity index (χ0v) is 6.89. The molecule has 2 N–H and O–H groups in total. The maximum atomic E-state index is 9.47. The van der Waals surface area contributed by atoms with E-state index in [0.29, 0.717) is 0 Å². The number of primary amides is 1. The highest BCUT2D eigenvalue weighted by atomic mass is 16.1. The largest absolute Gasteiger partial charge is 0.366 e. The van der Waals surface area contributed by atoms with Gasteiger partial charge >= 0.3 is 0 Å². The molecular weight excluding hydrogens is 126 g/mol. The van der Waals surface area contributed by atoms with Gasteiger partial charge in [0.15, 0.2) is 0 Å². The SMILES string of the molecule is C=CC(N)=O.CCCCC. The standard InChI is InChI=1S/C5H12.C3H5NO/c1-3-5-4-2;1-2-3(4)5/h3-5H2,1-2H3;2H,1H2,(H2,4,5). The number of hydrogen-bond donors (Lipinski definition) is 1. The summed E-state index contributed by atoms with van der Waals surface area (Å²) in [5.74, 6) is -0.481. The Balaban J connectivity index is 0. The predicted molar refractivity (Wildman–Crippen MR) is 44.6 cm³/mol. The molecule has 0 heterocycles. The zero-order chi connectivity index (χ0) is 8.41. The minimum atomic E-state index is -0.481. The van der Waals surface area contributed by atoms with Crippen molar-refractivity contribution in [1.29, 1.82) is 0 Å². The van der Waals surface area contributed by atoms with Crippen LogP contribution in [0.4, 0.5) is 0 Å². The third-order valence-electron chi connectivity index (χ3n) is 0.908. The van der Waals surface area contributed by atoms with Gasteiger partial charge in [0.25, 0.3) is 0 Å². The van der Waals surface area contributed by atoms with Crippen molar-refractivity contribution in [2.24, 2.45) is 5.73 Å². The molecule has 1 amide bonds. The lowest BCUT2D eigenvalue weighted by Crippen LogP contribution is -2.04. The summed E-state index contributed by atoms with van der Waals surface area (Å²) >= 11 is 0. The fourth-order valence-electron chi connectivity index (χ4n) is 0.354. The highest BCUT2D eigenvalue weighted by Gasteiger charge is 1.69. The van der Waals surface area contributed by atoms with Crippen LogP contribution in [0.15, 0.2) is 12.7 Å². The highest BCUT2D eigenvalue weighted by Crippen LogP contribution is 1.88. The van der Waals surface area contributed by atoms with E-state index in [2.05, 4.69) is 26.2 Å². The molecule has 60 valence electrons. The molecule has 0 unspecified atom stereocenters. The first-order valence-corrected chi connectivity index (χ1v) is 3.60. The van der Waals surface area contributed by atoms with Crippen LogP contribution >= 0.6 is 0 Å². The van der Waals surface area contributed by atoms with Crippen LogP contribution in [-0.2, 0) is 4.79 Å². The van der Waals surface area contributed by atoms with E-state index in [0.717, 1.165) is 6.08 Å². The molecule has 0 spiro atoms. The van der Waals surface area contributed by atoms with Crippen molar-refractivity contribution in [3.05, 3.63) is 12.7 Å². The van der Waals surface area contributed by atoms with Gasteiger partial charge in [-0.2, -0.15) is 0 Å². The van der Waals surface area contributed by atoms with E-state index in [1.54, 1.807) is 0 Å². The van der Waals surface area contributed by atoms with Gasteiger partial charge in [-0.15, -0.1) is 0 Å². The van der Waals surface area contributed by atoms with Gasteiger partial charge in [0.2, 0.25) is 5.91 Å².